The molecule has 3 aliphatic heterocycles. The largest absolute Gasteiger partial charge is 0.453 e. The summed E-state index contributed by atoms with van der Waals surface area (Å²) in [6.07, 6.45) is 2.11. The molecule has 0 unspecified atom stereocenters. The number of carbonyl (C=O) groups excluding carboxylic acids is 1. The summed E-state index contributed by atoms with van der Waals surface area (Å²) >= 11 is 2.21. The molecule has 0 atom stereocenters. The number of amides is 1. The molecule has 3 heterocycles. The van der Waals surface area contributed by atoms with E-state index in [0.717, 1.165) is 55.7 Å². The number of ether oxygens (including phenoxy) is 2. The molecule has 0 N–H and O–H groups in total. The summed E-state index contributed by atoms with van der Waals surface area (Å²) < 4.78 is 12.0. The third-order valence-corrected chi connectivity index (χ3v) is 6.36. The van der Waals surface area contributed by atoms with Crippen LogP contribution in [0.3, 0.4) is 0 Å². The molecule has 136 valence electrons. The second kappa shape index (κ2) is 7.28. The normalized spacial score (nSPS) is 22.4. The third-order valence-electron chi connectivity index (χ3n) is 5.51. The van der Waals surface area contributed by atoms with Gasteiger partial charge in [0.1, 0.15) is 0 Å². The van der Waals surface area contributed by atoms with Gasteiger partial charge in [-0.05, 0) is 54.6 Å². The molecule has 7 heteroatoms. The van der Waals surface area contributed by atoms with Crippen LogP contribution < -0.4 is 9.47 Å². The Morgan fingerprint density at radius 3 is 2.44 bits per heavy atom. The van der Waals surface area contributed by atoms with Gasteiger partial charge >= 0.3 is 0 Å². The molecule has 4 rings (SSSR count). The van der Waals surface area contributed by atoms with E-state index in [2.05, 4.69) is 39.4 Å². The molecule has 0 aromatic heterocycles. The van der Waals surface area contributed by atoms with Crippen LogP contribution in [0.1, 0.15) is 23.2 Å². The van der Waals surface area contributed by atoms with E-state index >= 15 is 0 Å². The number of hydrogen-bond acceptors (Lipinski definition) is 5. The van der Waals surface area contributed by atoms with Crippen LogP contribution in [0.4, 0.5) is 0 Å². The van der Waals surface area contributed by atoms with E-state index in [-0.39, 0.29) is 12.7 Å². The highest BCUT2D eigenvalue weighted by Gasteiger charge is 2.31. The molecule has 6 nitrogen and oxygen atoms in total. The number of carbonyl (C=O) groups is 1. The summed E-state index contributed by atoms with van der Waals surface area (Å²) in [6.45, 7) is 6.41. The fourth-order valence-electron chi connectivity index (χ4n) is 3.92. The second-order valence-corrected chi connectivity index (χ2v) is 8.18. The molecule has 1 aromatic rings. The number of halogens is 1. The summed E-state index contributed by atoms with van der Waals surface area (Å²) in [5.41, 5.74) is 0.631. The Morgan fingerprint density at radius 2 is 1.72 bits per heavy atom. The average molecular weight is 457 g/mol. The summed E-state index contributed by atoms with van der Waals surface area (Å²) in [6, 6.07) is 4.41. The summed E-state index contributed by atoms with van der Waals surface area (Å²) in [4.78, 5) is 19.9. The number of piperazine rings is 1. The monoisotopic (exact) mass is 457 g/mol. The lowest BCUT2D eigenvalue weighted by molar-refractivity contribution is 0.0516. The number of piperidine rings is 1. The van der Waals surface area contributed by atoms with Crippen LogP contribution >= 0.6 is 22.6 Å². The molecular formula is C18H24IN3O3. The van der Waals surface area contributed by atoms with E-state index < -0.39 is 0 Å². The van der Waals surface area contributed by atoms with Crippen LogP contribution in [-0.2, 0) is 0 Å². The van der Waals surface area contributed by atoms with E-state index in [0.29, 0.717) is 23.1 Å². The molecule has 0 radical (unpaired) electrons. The quantitative estimate of drug-likeness (QED) is 0.635. The van der Waals surface area contributed by atoms with Crippen molar-refractivity contribution in [2.45, 2.75) is 18.9 Å². The first-order valence-electron chi connectivity index (χ1n) is 8.93. The van der Waals surface area contributed by atoms with Crippen molar-refractivity contribution in [3.63, 3.8) is 0 Å². The zero-order valence-corrected chi connectivity index (χ0v) is 16.7. The van der Waals surface area contributed by atoms with Crippen molar-refractivity contribution in [2.75, 3.05) is 53.1 Å². The van der Waals surface area contributed by atoms with Crippen molar-refractivity contribution in [2.24, 2.45) is 0 Å². The minimum Gasteiger partial charge on any atom is -0.453 e. The maximum atomic E-state index is 13.0. The van der Waals surface area contributed by atoms with Gasteiger partial charge in [-0.3, -0.25) is 9.69 Å². The van der Waals surface area contributed by atoms with Crippen molar-refractivity contribution in [1.82, 2.24) is 14.7 Å². The van der Waals surface area contributed by atoms with E-state index in [1.165, 1.54) is 0 Å². The van der Waals surface area contributed by atoms with Gasteiger partial charge in [0, 0.05) is 45.3 Å². The van der Waals surface area contributed by atoms with Crippen molar-refractivity contribution in [1.29, 1.82) is 0 Å². The first-order chi connectivity index (χ1) is 12.1. The summed E-state index contributed by atoms with van der Waals surface area (Å²) in [5.74, 6) is 1.38. The van der Waals surface area contributed by atoms with E-state index in [1.807, 2.05) is 17.0 Å². The summed E-state index contributed by atoms with van der Waals surface area (Å²) in [5, 5.41) is 0. The van der Waals surface area contributed by atoms with Crippen molar-refractivity contribution < 1.29 is 14.3 Å². The van der Waals surface area contributed by atoms with Crippen LogP contribution in [0.2, 0.25) is 0 Å². The molecule has 2 fully saturated rings. The standard InChI is InChI=1S/C18H24IN3O3/c1-20-8-10-21(11-9-20)13-4-6-22(7-5-13)18(23)14-2-3-15(19)17-16(14)24-12-25-17/h2-3,13H,4-12H2,1H3. The Labute approximate surface area is 162 Å². The van der Waals surface area contributed by atoms with E-state index in [1.54, 1.807) is 0 Å². The molecule has 1 aromatic carbocycles. The Bertz CT molecular complexity index is 653. The van der Waals surface area contributed by atoms with Crippen molar-refractivity contribution >= 4 is 28.5 Å². The maximum Gasteiger partial charge on any atom is 0.257 e. The lowest BCUT2D eigenvalue weighted by atomic mass is 10.0. The lowest BCUT2D eigenvalue weighted by Crippen LogP contribution is -2.53. The highest BCUT2D eigenvalue weighted by molar-refractivity contribution is 14.1. The van der Waals surface area contributed by atoms with E-state index in [9.17, 15) is 4.79 Å². The first kappa shape index (κ1) is 17.4. The topological polar surface area (TPSA) is 45.2 Å². The molecule has 3 aliphatic rings. The number of fused-ring (bicyclic) bond motifs is 1. The number of benzene rings is 1. The highest BCUT2D eigenvalue weighted by Crippen LogP contribution is 2.40. The average Bonchev–Trinajstić information content (AvgIpc) is 3.13. The fourth-order valence-corrected chi connectivity index (χ4v) is 4.50. The minimum absolute atomic E-state index is 0.0648. The van der Waals surface area contributed by atoms with Gasteiger partial charge in [-0.15, -0.1) is 0 Å². The van der Waals surface area contributed by atoms with Gasteiger partial charge < -0.3 is 19.3 Å². The SMILES string of the molecule is CN1CCN(C2CCN(C(=O)c3ccc(I)c4c3OCO4)CC2)CC1. The smallest absolute Gasteiger partial charge is 0.257 e. The zero-order chi connectivity index (χ0) is 17.4. The van der Waals surface area contributed by atoms with Gasteiger partial charge in [-0.1, -0.05) is 0 Å². The number of rotatable bonds is 2. The predicted octanol–water partition coefficient (Wildman–Crippen LogP) is 1.87. The Hall–Kier alpha value is -1.06. The second-order valence-electron chi connectivity index (χ2n) is 7.02. The van der Waals surface area contributed by atoms with Gasteiger partial charge in [-0.2, -0.15) is 0 Å². The first-order valence-corrected chi connectivity index (χ1v) is 10.0. The van der Waals surface area contributed by atoms with Gasteiger partial charge in [-0.25, -0.2) is 0 Å². The van der Waals surface area contributed by atoms with Crippen molar-refractivity contribution in [3.05, 3.63) is 21.3 Å². The Morgan fingerprint density at radius 1 is 1.04 bits per heavy atom. The molecule has 0 spiro atoms. The van der Waals surface area contributed by atoms with Gasteiger partial charge in [0.25, 0.3) is 5.91 Å². The van der Waals surface area contributed by atoms with Crippen LogP contribution in [0, 0.1) is 3.57 Å². The van der Waals surface area contributed by atoms with Crippen LogP contribution in [0.25, 0.3) is 0 Å². The zero-order valence-electron chi connectivity index (χ0n) is 14.5. The maximum absolute atomic E-state index is 13.0. The molecule has 25 heavy (non-hydrogen) atoms. The summed E-state index contributed by atoms with van der Waals surface area (Å²) in [7, 11) is 2.18. The van der Waals surface area contributed by atoms with E-state index in [4.69, 9.17) is 9.47 Å². The highest BCUT2D eigenvalue weighted by atomic mass is 127. The van der Waals surface area contributed by atoms with Crippen LogP contribution in [0.5, 0.6) is 11.5 Å². The van der Waals surface area contributed by atoms with Gasteiger partial charge in [0.05, 0.1) is 9.13 Å². The molecule has 2 saturated heterocycles. The van der Waals surface area contributed by atoms with Crippen molar-refractivity contribution in [3.8, 4) is 11.5 Å². The molecule has 0 aliphatic carbocycles. The third kappa shape index (κ3) is 3.46. The number of likely N-dealkylation sites (N-methyl/N-ethyl adjacent to an activating group) is 1. The molecule has 0 bridgehead atoms. The predicted molar refractivity (Wildman–Crippen MR) is 103 cm³/mol. The lowest BCUT2D eigenvalue weighted by Gasteiger charge is -2.42. The van der Waals surface area contributed by atoms with Crippen LogP contribution in [-0.4, -0.2) is 79.8 Å². The minimum atomic E-state index is 0.0648. The number of hydrogen-bond donors (Lipinski definition) is 0. The fraction of sp³-hybridized carbons (Fsp3) is 0.611. The Kier molecular flexibility index (Phi) is 5.06. The number of nitrogens with zero attached hydrogens (tertiary/aromatic N) is 3. The molecular weight excluding hydrogens is 433 g/mol. The van der Waals surface area contributed by atoms with Gasteiger partial charge in [0.2, 0.25) is 6.79 Å². The number of likely N-dealkylation sites (tertiary alicyclic amines) is 1. The van der Waals surface area contributed by atoms with Gasteiger partial charge in [0.15, 0.2) is 11.5 Å². The molecule has 0 saturated carbocycles. The van der Waals surface area contributed by atoms with Crippen LogP contribution in [0.15, 0.2) is 12.1 Å². The molecule has 1 amide bonds. The Balaban J connectivity index is 1.40.